The Morgan fingerprint density at radius 1 is 1.59 bits per heavy atom. The van der Waals surface area contributed by atoms with Crippen molar-refractivity contribution in [2.45, 2.75) is 31.3 Å². The lowest BCUT2D eigenvalue weighted by molar-refractivity contribution is 0.261. The molecule has 3 atom stereocenters. The van der Waals surface area contributed by atoms with Crippen molar-refractivity contribution in [3.05, 3.63) is 23.5 Å². The van der Waals surface area contributed by atoms with Gasteiger partial charge in [-0.25, -0.2) is 4.98 Å². The van der Waals surface area contributed by atoms with E-state index >= 15 is 0 Å². The van der Waals surface area contributed by atoms with Gasteiger partial charge in [0, 0.05) is 11.6 Å². The van der Waals surface area contributed by atoms with Crippen LogP contribution in [0.1, 0.15) is 19.8 Å². The summed E-state index contributed by atoms with van der Waals surface area (Å²) in [6.45, 7) is 3.01. The van der Waals surface area contributed by atoms with Gasteiger partial charge in [0.05, 0.1) is 6.20 Å². The third kappa shape index (κ3) is 2.67. The number of hydrogen-bond acceptors (Lipinski definition) is 3. The molecule has 2 fully saturated rings. The molecule has 2 aliphatic rings. The number of hydrogen-bond donors (Lipinski definition) is 1. The number of ether oxygens (including phenoxy) is 1. The molecule has 0 amide bonds. The van der Waals surface area contributed by atoms with E-state index in [2.05, 4.69) is 17.2 Å². The molecule has 5 heteroatoms. The molecule has 1 unspecified atom stereocenters. The van der Waals surface area contributed by atoms with E-state index < -0.39 is 0 Å². The molecule has 3 nitrogen and oxygen atoms in total. The standard InChI is InChI=1S/C12H15ClN2O.ClH/c1-12-5-8(12)4-9(15-12)7-16-10-2-3-11(13)14-6-10;/h2-3,6,8-9,15H,4-5,7H2,1H3;1H/t8-,9?,12+;/m0./s1. The summed E-state index contributed by atoms with van der Waals surface area (Å²) in [4.78, 5) is 3.98. The minimum atomic E-state index is 0. The summed E-state index contributed by atoms with van der Waals surface area (Å²) in [6.07, 6.45) is 4.23. The topological polar surface area (TPSA) is 34.1 Å². The van der Waals surface area contributed by atoms with Crippen LogP contribution in [0.25, 0.3) is 0 Å². The Morgan fingerprint density at radius 3 is 3.00 bits per heavy atom. The van der Waals surface area contributed by atoms with Crippen molar-refractivity contribution in [3.8, 4) is 5.75 Å². The zero-order valence-electron chi connectivity index (χ0n) is 9.65. The first-order chi connectivity index (χ1) is 7.66. The second kappa shape index (κ2) is 4.63. The SMILES string of the molecule is C[C@@]12C[C@@H]1CC(COc1ccc(Cl)nc1)N2.Cl. The van der Waals surface area contributed by atoms with Crippen molar-refractivity contribution < 1.29 is 4.74 Å². The van der Waals surface area contributed by atoms with Crippen LogP contribution < -0.4 is 10.1 Å². The molecule has 94 valence electrons. The van der Waals surface area contributed by atoms with E-state index in [1.54, 1.807) is 12.3 Å². The molecule has 1 aromatic heterocycles. The van der Waals surface area contributed by atoms with Gasteiger partial charge in [-0.2, -0.15) is 0 Å². The first-order valence-corrected chi connectivity index (χ1v) is 6.05. The van der Waals surface area contributed by atoms with Crippen molar-refractivity contribution in [2.24, 2.45) is 5.92 Å². The van der Waals surface area contributed by atoms with E-state index in [4.69, 9.17) is 16.3 Å². The van der Waals surface area contributed by atoms with Crippen LogP contribution in [0.15, 0.2) is 18.3 Å². The zero-order chi connectivity index (χ0) is 11.2. The highest BCUT2D eigenvalue weighted by Crippen LogP contribution is 2.51. The van der Waals surface area contributed by atoms with Crippen LogP contribution in [0.3, 0.4) is 0 Å². The molecule has 0 radical (unpaired) electrons. The summed E-state index contributed by atoms with van der Waals surface area (Å²) >= 11 is 5.70. The van der Waals surface area contributed by atoms with Crippen molar-refractivity contribution >= 4 is 24.0 Å². The maximum atomic E-state index is 5.70. The Balaban J connectivity index is 0.00000108. The molecule has 3 rings (SSSR count). The summed E-state index contributed by atoms with van der Waals surface area (Å²) in [6, 6.07) is 4.09. The van der Waals surface area contributed by atoms with Gasteiger partial charge >= 0.3 is 0 Å². The number of aromatic nitrogens is 1. The van der Waals surface area contributed by atoms with Crippen molar-refractivity contribution in [1.29, 1.82) is 0 Å². The second-order valence-electron chi connectivity index (χ2n) is 5.02. The molecule has 1 saturated heterocycles. The highest BCUT2D eigenvalue weighted by atomic mass is 35.5. The fraction of sp³-hybridized carbons (Fsp3) is 0.583. The minimum Gasteiger partial charge on any atom is -0.490 e. The number of pyridine rings is 1. The summed E-state index contributed by atoms with van der Waals surface area (Å²) in [5.74, 6) is 1.65. The van der Waals surface area contributed by atoms with E-state index in [9.17, 15) is 0 Å². The zero-order valence-corrected chi connectivity index (χ0v) is 11.2. The van der Waals surface area contributed by atoms with Gasteiger partial charge in [-0.15, -0.1) is 12.4 Å². The van der Waals surface area contributed by atoms with Gasteiger partial charge < -0.3 is 10.1 Å². The molecule has 17 heavy (non-hydrogen) atoms. The average molecular weight is 275 g/mol. The number of rotatable bonds is 3. The number of halogens is 2. The Hall–Kier alpha value is -0.510. The van der Waals surface area contributed by atoms with Crippen molar-refractivity contribution in [2.75, 3.05) is 6.61 Å². The summed E-state index contributed by atoms with van der Waals surface area (Å²) in [7, 11) is 0. The second-order valence-corrected chi connectivity index (χ2v) is 5.41. The summed E-state index contributed by atoms with van der Waals surface area (Å²) < 4.78 is 5.68. The van der Waals surface area contributed by atoms with Crippen LogP contribution in [0.2, 0.25) is 5.15 Å². The molecule has 1 N–H and O–H groups in total. The maximum absolute atomic E-state index is 5.70. The van der Waals surface area contributed by atoms with Gasteiger partial charge in [-0.3, -0.25) is 0 Å². The van der Waals surface area contributed by atoms with Gasteiger partial charge in [0.2, 0.25) is 0 Å². The first-order valence-electron chi connectivity index (χ1n) is 5.68. The van der Waals surface area contributed by atoms with Crippen LogP contribution in [0.4, 0.5) is 0 Å². The Morgan fingerprint density at radius 2 is 2.41 bits per heavy atom. The van der Waals surface area contributed by atoms with Gasteiger partial charge in [-0.05, 0) is 37.8 Å². The summed E-state index contributed by atoms with van der Waals surface area (Å²) in [5.41, 5.74) is 0.409. The molecule has 0 aromatic carbocycles. The molecular weight excluding hydrogens is 259 g/mol. The van der Waals surface area contributed by atoms with E-state index in [-0.39, 0.29) is 12.4 Å². The molecule has 0 spiro atoms. The molecule has 1 aliphatic carbocycles. The quantitative estimate of drug-likeness (QED) is 0.861. The van der Waals surface area contributed by atoms with E-state index in [1.807, 2.05) is 6.07 Å². The summed E-state index contributed by atoms with van der Waals surface area (Å²) in [5, 5.41) is 4.11. The highest BCUT2D eigenvalue weighted by Gasteiger charge is 2.56. The van der Waals surface area contributed by atoms with Crippen molar-refractivity contribution in [1.82, 2.24) is 10.3 Å². The predicted molar refractivity (Wildman–Crippen MR) is 70.0 cm³/mol. The van der Waals surface area contributed by atoms with Gasteiger partial charge in [0.1, 0.15) is 17.5 Å². The van der Waals surface area contributed by atoms with Crippen LogP contribution in [-0.4, -0.2) is 23.2 Å². The van der Waals surface area contributed by atoms with Crippen molar-refractivity contribution in [3.63, 3.8) is 0 Å². The molecular formula is C12H16Cl2N2O. The fourth-order valence-electron chi connectivity index (χ4n) is 2.60. The average Bonchev–Trinajstić information content (AvgIpc) is 2.77. The largest absolute Gasteiger partial charge is 0.490 e. The molecule has 1 saturated carbocycles. The number of fused-ring (bicyclic) bond motifs is 1. The number of nitrogens with zero attached hydrogens (tertiary/aromatic N) is 1. The van der Waals surface area contributed by atoms with E-state index in [1.165, 1.54) is 12.8 Å². The third-order valence-electron chi connectivity index (χ3n) is 3.67. The smallest absolute Gasteiger partial charge is 0.137 e. The minimum absolute atomic E-state index is 0. The van der Waals surface area contributed by atoms with Gasteiger partial charge in [-0.1, -0.05) is 11.6 Å². The molecule has 0 bridgehead atoms. The fourth-order valence-corrected chi connectivity index (χ4v) is 2.71. The van der Waals surface area contributed by atoms with Gasteiger partial charge in [0.25, 0.3) is 0 Å². The van der Waals surface area contributed by atoms with E-state index in [0.29, 0.717) is 16.7 Å². The first kappa shape index (κ1) is 12.9. The van der Waals surface area contributed by atoms with Crippen LogP contribution in [-0.2, 0) is 0 Å². The Labute approximate surface area is 112 Å². The van der Waals surface area contributed by atoms with Crippen LogP contribution in [0.5, 0.6) is 5.75 Å². The predicted octanol–water partition coefficient (Wildman–Crippen LogP) is 2.68. The van der Waals surface area contributed by atoms with E-state index in [0.717, 1.165) is 18.3 Å². The van der Waals surface area contributed by atoms with Gasteiger partial charge in [0.15, 0.2) is 0 Å². The maximum Gasteiger partial charge on any atom is 0.137 e. The lowest BCUT2D eigenvalue weighted by atomic mass is 10.2. The molecule has 1 aliphatic heterocycles. The van der Waals surface area contributed by atoms with Crippen LogP contribution in [0, 0.1) is 5.92 Å². The Bertz CT molecular complexity index is 398. The third-order valence-corrected chi connectivity index (χ3v) is 3.89. The van der Waals surface area contributed by atoms with Crippen LogP contribution >= 0.6 is 24.0 Å². The lowest BCUT2D eigenvalue weighted by Gasteiger charge is -2.16. The normalized spacial score (nSPS) is 33.8. The monoisotopic (exact) mass is 274 g/mol. The highest BCUT2D eigenvalue weighted by molar-refractivity contribution is 6.29. The number of nitrogens with one attached hydrogen (secondary N) is 1. The number of piperidine rings is 1. The molecule has 1 aromatic rings. The molecule has 2 heterocycles. The Kier molecular flexibility index (Phi) is 3.53. The lowest BCUT2D eigenvalue weighted by Crippen LogP contribution is -2.36.